The fraction of sp³-hybridized carbons (Fsp3) is 0.846. The van der Waals surface area contributed by atoms with Gasteiger partial charge in [-0.15, -0.1) is 0 Å². The number of piperidine rings is 1. The lowest BCUT2D eigenvalue weighted by atomic mass is 9.73. The zero-order valence-electron chi connectivity index (χ0n) is 10.6. The molecule has 1 fully saturated rings. The first-order valence-electron chi connectivity index (χ1n) is 5.74. The van der Waals surface area contributed by atoms with E-state index in [2.05, 4.69) is 58.7 Å². The van der Waals surface area contributed by atoms with E-state index in [0.717, 1.165) is 5.92 Å². The van der Waals surface area contributed by atoms with E-state index in [0.29, 0.717) is 5.54 Å². The molecular formula is C13H25N. The summed E-state index contributed by atoms with van der Waals surface area (Å²) >= 11 is 0. The molecule has 0 radical (unpaired) electrons. The Morgan fingerprint density at radius 3 is 2.29 bits per heavy atom. The Kier molecular flexibility index (Phi) is 2.99. The van der Waals surface area contributed by atoms with Crippen molar-refractivity contribution in [2.45, 2.75) is 65.5 Å². The third-order valence-electron chi connectivity index (χ3n) is 3.97. The summed E-state index contributed by atoms with van der Waals surface area (Å²) in [5, 5.41) is 0. The van der Waals surface area contributed by atoms with Crippen LogP contribution in [0, 0.1) is 5.92 Å². The van der Waals surface area contributed by atoms with Crippen molar-refractivity contribution in [1.82, 2.24) is 4.90 Å². The average Bonchev–Trinajstić information content (AvgIpc) is 2.07. The van der Waals surface area contributed by atoms with Gasteiger partial charge in [0, 0.05) is 11.1 Å². The Hall–Kier alpha value is -0.460. The molecule has 0 amide bonds. The van der Waals surface area contributed by atoms with E-state index >= 15 is 0 Å². The second kappa shape index (κ2) is 3.60. The van der Waals surface area contributed by atoms with Crippen LogP contribution < -0.4 is 0 Å². The number of rotatable bonds is 1. The number of hydrogen-bond donors (Lipinski definition) is 0. The van der Waals surface area contributed by atoms with Gasteiger partial charge in [-0.1, -0.05) is 13.0 Å². The van der Waals surface area contributed by atoms with Gasteiger partial charge in [-0.2, -0.15) is 0 Å². The van der Waals surface area contributed by atoms with Gasteiger partial charge in [0.25, 0.3) is 0 Å². The molecule has 0 aliphatic carbocycles. The summed E-state index contributed by atoms with van der Waals surface area (Å²) < 4.78 is 0. The van der Waals surface area contributed by atoms with Crippen molar-refractivity contribution in [3.8, 4) is 0 Å². The lowest BCUT2D eigenvalue weighted by Crippen LogP contribution is -2.59. The van der Waals surface area contributed by atoms with Crippen LogP contribution in [0.5, 0.6) is 0 Å². The summed E-state index contributed by atoms with van der Waals surface area (Å²) in [6.07, 6.45) is 7.05. The van der Waals surface area contributed by atoms with E-state index in [-0.39, 0.29) is 5.54 Å². The summed E-state index contributed by atoms with van der Waals surface area (Å²) in [6, 6.07) is 0. The van der Waals surface area contributed by atoms with Crippen molar-refractivity contribution in [3.63, 3.8) is 0 Å². The fourth-order valence-electron chi connectivity index (χ4n) is 2.60. The number of nitrogens with zero attached hydrogens (tertiary/aromatic N) is 1. The number of likely N-dealkylation sites (tertiary alicyclic amines) is 1. The highest BCUT2D eigenvalue weighted by Crippen LogP contribution is 2.41. The van der Waals surface area contributed by atoms with Crippen molar-refractivity contribution in [1.29, 1.82) is 0 Å². The molecule has 1 aliphatic rings. The molecule has 0 spiro atoms. The van der Waals surface area contributed by atoms with Crippen LogP contribution >= 0.6 is 0 Å². The Morgan fingerprint density at radius 1 is 1.21 bits per heavy atom. The minimum atomic E-state index is 0.286. The van der Waals surface area contributed by atoms with Gasteiger partial charge in [-0.25, -0.2) is 0 Å². The zero-order valence-corrected chi connectivity index (χ0v) is 10.6. The van der Waals surface area contributed by atoms with Crippen LogP contribution in [0.25, 0.3) is 0 Å². The second-order valence-corrected chi connectivity index (χ2v) is 5.76. The molecule has 0 bridgehead atoms. The number of allylic oxidation sites excluding steroid dienone is 1. The molecule has 0 saturated carbocycles. The highest BCUT2D eigenvalue weighted by atomic mass is 15.2. The van der Waals surface area contributed by atoms with Gasteiger partial charge >= 0.3 is 0 Å². The minimum Gasteiger partial charge on any atom is -0.367 e. The van der Waals surface area contributed by atoms with Crippen LogP contribution in [-0.4, -0.2) is 16.0 Å². The fourth-order valence-corrected chi connectivity index (χ4v) is 2.60. The molecule has 0 aromatic carbocycles. The second-order valence-electron chi connectivity index (χ2n) is 5.76. The highest BCUT2D eigenvalue weighted by molar-refractivity contribution is 5.05. The Bertz CT molecular complexity index is 225. The molecule has 1 rings (SSSR count). The van der Waals surface area contributed by atoms with Crippen molar-refractivity contribution >= 4 is 0 Å². The lowest BCUT2D eigenvalue weighted by molar-refractivity contribution is -0.0196. The highest BCUT2D eigenvalue weighted by Gasteiger charge is 2.43. The standard InChI is InChI=1S/C13H25N/c1-7-10-14-12(3,4)9-8-11(2)13(14,5)6/h7,10-11H,8-9H2,1-6H3. The van der Waals surface area contributed by atoms with Crippen LogP contribution in [0.15, 0.2) is 12.3 Å². The average molecular weight is 195 g/mol. The summed E-state index contributed by atoms with van der Waals surface area (Å²) in [5.41, 5.74) is 0.594. The van der Waals surface area contributed by atoms with E-state index in [1.807, 2.05) is 0 Å². The van der Waals surface area contributed by atoms with Crippen LogP contribution in [0.3, 0.4) is 0 Å². The predicted molar refractivity (Wildman–Crippen MR) is 63.2 cm³/mol. The van der Waals surface area contributed by atoms with Gasteiger partial charge in [0.2, 0.25) is 0 Å². The van der Waals surface area contributed by atoms with Crippen molar-refractivity contribution < 1.29 is 0 Å². The van der Waals surface area contributed by atoms with E-state index in [1.165, 1.54) is 12.8 Å². The molecule has 1 atom stereocenters. The van der Waals surface area contributed by atoms with Gasteiger partial charge in [0.15, 0.2) is 0 Å². The van der Waals surface area contributed by atoms with Gasteiger partial charge in [0.05, 0.1) is 0 Å². The van der Waals surface area contributed by atoms with Gasteiger partial charge < -0.3 is 4.90 Å². The number of hydrogen-bond acceptors (Lipinski definition) is 1. The topological polar surface area (TPSA) is 3.24 Å². The smallest absolute Gasteiger partial charge is 0.0371 e. The Balaban J connectivity index is 3.00. The monoisotopic (exact) mass is 195 g/mol. The third kappa shape index (κ3) is 1.82. The normalized spacial score (nSPS) is 31.0. The third-order valence-corrected chi connectivity index (χ3v) is 3.97. The molecule has 1 saturated heterocycles. The van der Waals surface area contributed by atoms with Gasteiger partial charge in [0.1, 0.15) is 0 Å². The molecule has 82 valence electrons. The molecule has 1 nitrogen and oxygen atoms in total. The molecule has 0 N–H and O–H groups in total. The van der Waals surface area contributed by atoms with E-state index in [4.69, 9.17) is 0 Å². The maximum atomic E-state index is 2.54. The largest absolute Gasteiger partial charge is 0.367 e. The van der Waals surface area contributed by atoms with Crippen LogP contribution in [0.4, 0.5) is 0 Å². The summed E-state index contributed by atoms with van der Waals surface area (Å²) in [6.45, 7) is 13.9. The molecule has 0 aromatic heterocycles. The van der Waals surface area contributed by atoms with Crippen LogP contribution in [0.2, 0.25) is 0 Å². The van der Waals surface area contributed by atoms with Gasteiger partial charge in [-0.05, 0) is 59.6 Å². The first kappa shape index (κ1) is 11.6. The first-order valence-corrected chi connectivity index (χ1v) is 5.74. The van der Waals surface area contributed by atoms with Crippen LogP contribution in [0.1, 0.15) is 54.4 Å². The van der Waals surface area contributed by atoms with Crippen LogP contribution in [-0.2, 0) is 0 Å². The quantitative estimate of drug-likeness (QED) is 0.615. The summed E-state index contributed by atoms with van der Waals surface area (Å²) in [5.74, 6) is 0.770. The molecule has 1 heterocycles. The molecular weight excluding hydrogens is 170 g/mol. The summed E-state index contributed by atoms with van der Waals surface area (Å²) in [4.78, 5) is 2.54. The summed E-state index contributed by atoms with van der Waals surface area (Å²) in [7, 11) is 0. The SMILES string of the molecule is CC=CN1C(C)(C)CCC(C)C1(C)C. The lowest BCUT2D eigenvalue weighted by Gasteiger charge is -2.56. The van der Waals surface area contributed by atoms with E-state index in [1.54, 1.807) is 0 Å². The predicted octanol–water partition coefficient (Wildman–Crippen LogP) is 3.81. The maximum Gasteiger partial charge on any atom is 0.0371 e. The van der Waals surface area contributed by atoms with Crippen molar-refractivity contribution in [3.05, 3.63) is 12.3 Å². The van der Waals surface area contributed by atoms with E-state index in [9.17, 15) is 0 Å². The maximum absolute atomic E-state index is 2.54. The molecule has 1 heteroatoms. The molecule has 0 aromatic rings. The van der Waals surface area contributed by atoms with Crippen molar-refractivity contribution in [2.75, 3.05) is 0 Å². The zero-order chi connectivity index (χ0) is 11.0. The molecule has 1 aliphatic heterocycles. The van der Waals surface area contributed by atoms with Crippen molar-refractivity contribution in [2.24, 2.45) is 5.92 Å². The first-order chi connectivity index (χ1) is 6.32. The Morgan fingerprint density at radius 2 is 1.79 bits per heavy atom. The molecule has 1 unspecified atom stereocenters. The molecule has 14 heavy (non-hydrogen) atoms. The van der Waals surface area contributed by atoms with Gasteiger partial charge in [-0.3, -0.25) is 0 Å². The minimum absolute atomic E-state index is 0.286. The Labute approximate surface area is 89.2 Å². The van der Waals surface area contributed by atoms with E-state index < -0.39 is 0 Å².